The van der Waals surface area contributed by atoms with Crippen molar-refractivity contribution in [1.82, 2.24) is 0 Å². The van der Waals surface area contributed by atoms with Gasteiger partial charge in [-0.2, -0.15) is 0 Å². The highest BCUT2D eigenvalue weighted by Crippen LogP contribution is 2.43. The van der Waals surface area contributed by atoms with Gasteiger partial charge in [-0.15, -0.1) is 0 Å². The van der Waals surface area contributed by atoms with Crippen LogP contribution in [0.4, 0.5) is 0 Å². The lowest BCUT2D eigenvalue weighted by atomic mass is 10.1. The van der Waals surface area contributed by atoms with Gasteiger partial charge in [0.25, 0.3) is 0 Å². The van der Waals surface area contributed by atoms with Crippen molar-refractivity contribution in [1.29, 1.82) is 0 Å². The van der Waals surface area contributed by atoms with Gasteiger partial charge in [0, 0.05) is 6.42 Å². The molecule has 0 aliphatic heterocycles. The number of phosphoric ester groups is 1. The van der Waals surface area contributed by atoms with Gasteiger partial charge < -0.3 is 31.6 Å². The summed E-state index contributed by atoms with van der Waals surface area (Å²) in [6, 6.07) is 0. The molecule has 36 heavy (non-hydrogen) atoms. The number of carbonyl (C=O) groups is 1. The minimum atomic E-state index is -4.24. The van der Waals surface area contributed by atoms with Gasteiger partial charge in [0.2, 0.25) is 0 Å². The third-order valence-corrected chi connectivity index (χ3v) is 6.51. The number of allylic oxidation sites excluding steroid dienone is 2. The number of likely N-dealkylation sites (N-methyl/N-ethyl adjacent to an activating group) is 1. The molecule has 0 amide bonds. The first-order valence-electron chi connectivity index (χ1n) is 13.5. The molecule has 2 atom stereocenters. The predicted octanol–water partition coefficient (Wildman–Crippen LogP) is 2.77. The van der Waals surface area contributed by atoms with E-state index in [1.807, 2.05) is 21.1 Å². The van der Waals surface area contributed by atoms with Crippen LogP contribution >= 0.6 is 7.82 Å². The molecule has 0 saturated heterocycles. The molecule has 2 N–H and O–H groups in total. The van der Waals surface area contributed by atoms with Crippen molar-refractivity contribution in [2.24, 2.45) is 0 Å². The van der Waals surface area contributed by atoms with Gasteiger partial charge in [-0.25, -0.2) is 4.57 Å². The highest BCUT2D eigenvalue weighted by Gasteiger charge is 2.24. The van der Waals surface area contributed by atoms with E-state index in [9.17, 15) is 19.4 Å². The second-order valence-electron chi connectivity index (χ2n) is 10.3. The maximum absolute atomic E-state index is 11.8. The van der Waals surface area contributed by atoms with Gasteiger partial charge in [0.05, 0.1) is 27.7 Å². The molecule has 0 spiro atoms. The van der Waals surface area contributed by atoms with Crippen molar-refractivity contribution >= 4 is 13.8 Å². The summed E-state index contributed by atoms with van der Waals surface area (Å²) >= 11 is 0. The number of unbranched alkanes of at least 4 members (excludes halogenated alkanes) is 11. The van der Waals surface area contributed by atoms with E-state index in [0.717, 1.165) is 32.1 Å². The first-order valence-corrected chi connectivity index (χ1v) is 15.0. The van der Waals surface area contributed by atoms with Crippen LogP contribution in [0.1, 0.15) is 96.8 Å². The number of phosphoric acid groups is 1. The summed E-state index contributed by atoms with van der Waals surface area (Å²) in [5.41, 5.74) is 0. The van der Waals surface area contributed by atoms with Gasteiger partial charge in [0.1, 0.15) is 25.9 Å². The number of ether oxygens (including phenoxy) is 1. The summed E-state index contributed by atoms with van der Waals surface area (Å²) in [4.78, 5) is 21.4. The molecule has 0 saturated carbocycles. The lowest BCUT2D eigenvalue weighted by Gasteiger charge is -2.24. The lowest BCUT2D eigenvalue weighted by Crippen LogP contribution is -3.00. The molecule has 0 heterocycles. The summed E-state index contributed by atoms with van der Waals surface area (Å²) in [7, 11) is 1.56. The summed E-state index contributed by atoms with van der Waals surface area (Å²) in [5.74, 6) is -0.381. The van der Waals surface area contributed by atoms with E-state index in [1.165, 1.54) is 51.4 Å². The van der Waals surface area contributed by atoms with E-state index in [2.05, 4.69) is 19.1 Å². The van der Waals surface area contributed by atoms with Crippen LogP contribution in [0.3, 0.4) is 0 Å². The molecule has 0 rings (SSSR count). The van der Waals surface area contributed by atoms with E-state index in [0.29, 0.717) is 17.4 Å². The van der Waals surface area contributed by atoms with Crippen molar-refractivity contribution < 1.29 is 50.0 Å². The minimum absolute atomic E-state index is 0. The highest BCUT2D eigenvalue weighted by atomic mass is 35.5. The Hall–Kier alpha value is -0.470. The molecule has 1 unspecified atom stereocenters. The standard InChI is InChI=1S/C26H52NO7P.ClH/c1-5-6-7-8-9-10-11-12-13-14-15-16-17-18-19-20-26(29)32-23-25(28)24-34-35(30,31)33-22-21-27(2,3)4;/h12-13,25,28H,5-11,14-24H2,1-4H3;1H/b13-12+;/t25-;/m1./s1. The van der Waals surface area contributed by atoms with Crippen molar-refractivity contribution in [3.05, 3.63) is 12.2 Å². The fourth-order valence-electron chi connectivity index (χ4n) is 3.30. The Kier molecular flexibility index (Phi) is 24.7. The van der Waals surface area contributed by atoms with Gasteiger partial charge in [-0.1, -0.05) is 70.4 Å². The Labute approximate surface area is 226 Å². The van der Waals surface area contributed by atoms with E-state index in [1.54, 1.807) is 0 Å². The normalized spacial score (nSPS) is 14.4. The maximum atomic E-state index is 11.8. The molecule has 0 aliphatic rings. The Morgan fingerprint density at radius 1 is 0.861 bits per heavy atom. The van der Waals surface area contributed by atoms with Crippen LogP contribution in [0.15, 0.2) is 12.2 Å². The summed E-state index contributed by atoms with van der Waals surface area (Å²) < 4.78 is 27.0. The molecule has 0 bridgehead atoms. The number of quaternary nitrogens is 1. The molecule has 0 aromatic heterocycles. The smallest absolute Gasteiger partial charge is 0.472 e. The van der Waals surface area contributed by atoms with Crippen LogP contribution in [0.25, 0.3) is 0 Å². The molecule has 216 valence electrons. The van der Waals surface area contributed by atoms with E-state index < -0.39 is 20.5 Å². The lowest BCUT2D eigenvalue weighted by molar-refractivity contribution is -0.870. The Morgan fingerprint density at radius 2 is 1.39 bits per heavy atom. The van der Waals surface area contributed by atoms with Gasteiger partial charge in [-0.3, -0.25) is 13.8 Å². The molecule has 8 nitrogen and oxygen atoms in total. The van der Waals surface area contributed by atoms with Crippen LogP contribution < -0.4 is 12.4 Å². The Morgan fingerprint density at radius 3 is 1.94 bits per heavy atom. The van der Waals surface area contributed by atoms with Crippen LogP contribution in [0, 0.1) is 0 Å². The van der Waals surface area contributed by atoms with Gasteiger partial charge >= 0.3 is 13.8 Å². The zero-order chi connectivity index (χ0) is 26.4. The molecule has 10 heteroatoms. The number of rotatable bonds is 24. The monoisotopic (exact) mass is 557 g/mol. The summed E-state index contributed by atoms with van der Waals surface area (Å²) in [6.45, 7) is 2.11. The molecule has 0 radical (unpaired) electrons. The number of carbonyl (C=O) groups excluding carboxylic acids is 1. The fraction of sp³-hybridized carbons (Fsp3) is 0.885. The van der Waals surface area contributed by atoms with Crippen molar-refractivity contribution in [3.63, 3.8) is 0 Å². The molecule has 0 aromatic carbocycles. The van der Waals surface area contributed by atoms with Gasteiger partial charge in [-0.05, 0) is 32.1 Å². The van der Waals surface area contributed by atoms with Crippen LogP contribution in [0.5, 0.6) is 0 Å². The number of halogens is 1. The number of aliphatic hydroxyl groups is 1. The topological polar surface area (TPSA) is 102 Å². The number of aliphatic hydroxyl groups excluding tert-OH is 1. The van der Waals surface area contributed by atoms with Crippen LogP contribution in [0.2, 0.25) is 0 Å². The van der Waals surface area contributed by atoms with Crippen molar-refractivity contribution in [2.45, 2.75) is 103 Å². The zero-order valence-electron chi connectivity index (χ0n) is 23.2. The molecular weight excluding hydrogens is 505 g/mol. The van der Waals surface area contributed by atoms with E-state index >= 15 is 0 Å². The first-order chi connectivity index (χ1) is 16.6. The second-order valence-corrected chi connectivity index (χ2v) is 11.7. The second kappa shape index (κ2) is 23.6. The minimum Gasteiger partial charge on any atom is -1.00 e. The average molecular weight is 558 g/mol. The Balaban J connectivity index is 0. The molecule has 0 fully saturated rings. The first kappa shape index (κ1) is 37.7. The third-order valence-electron chi connectivity index (χ3n) is 5.53. The van der Waals surface area contributed by atoms with Crippen molar-refractivity contribution in [2.75, 3.05) is 47.5 Å². The third kappa shape index (κ3) is 28.1. The predicted molar refractivity (Wildman–Crippen MR) is 141 cm³/mol. The average Bonchev–Trinajstić information content (AvgIpc) is 2.78. The SMILES string of the molecule is CCCCCCCC/C=C/CCCCCCCC(=O)OC[C@@H](O)COP(=O)(O)OCC[N+](C)(C)C.[Cl-]. The largest absolute Gasteiger partial charge is 1.00 e. The van der Waals surface area contributed by atoms with E-state index in [4.69, 9.17) is 13.8 Å². The Bertz CT molecular complexity index is 599. The number of esters is 1. The summed E-state index contributed by atoms with van der Waals surface area (Å²) in [6.07, 6.45) is 19.2. The van der Waals surface area contributed by atoms with Crippen molar-refractivity contribution in [3.8, 4) is 0 Å². The molecule has 0 aliphatic carbocycles. The van der Waals surface area contributed by atoms with E-state index in [-0.39, 0.29) is 31.6 Å². The number of hydrogen-bond acceptors (Lipinski definition) is 6. The molecule has 0 aromatic rings. The quantitative estimate of drug-likeness (QED) is 0.0618. The number of hydrogen-bond donors (Lipinski definition) is 2. The molecular formula is C26H53ClNO7P. The fourth-order valence-corrected chi connectivity index (χ4v) is 4.04. The van der Waals surface area contributed by atoms with Crippen LogP contribution in [-0.2, 0) is 23.1 Å². The van der Waals surface area contributed by atoms with Crippen LogP contribution in [-0.4, -0.2) is 74.1 Å². The zero-order valence-corrected chi connectivity index (χ0v) is 24.8. The summed E-state index contributed by atoms with van der Waals surface area (Å²) in [5, 5.41) is 9.82. The van der Waals surface area contributed by atoms with Gasteiger partial charge in [0.15, 0.2) is 0 Å². The maximum Gasteiger partial charge on any atom is 0.472 e. The number of nitrogens with zero attached hydrogens (tertiary/aromatic N) is 1. The highest BCUT2D eigenvalue weighted by molar-refractivity contribution is 7.47.